The number of hydrogen-bond donors (Lipinski definition) is 1. The van der Waals surface area contributed by atoms with Crippen LogP contribution in [0.4, 0.5) is 0 Å². The van der Waals surface area contributed by atoms with E-state index in [1.807, 2.05) is 37.3 Å². The molecule has 0 radical (unpaired) electrons. The van der Waals surface area contributed by atoms with Crippen molar-refractivity contribution in [3.63, 3.8) is 0 Å². The second kappa shape index (κ2) is 7.67. The van der Waals surface area contributed by atoms with Crippen LogP contribution in [0.5, 0.6) is 0 Å². The highest BCUT2D eigenvalue weighted by Gasteiger charge is 2.42. The third-order valence-corrected chi connectivity index (χ3v) is 4.87. The first kappa shape index (κ1) is 20.2. The lowest BCUT2D eigenvalue weighted by Crippen LogP contribution is -2.38. The summed E-state index contributed by atoms with van der Waals surface area (Å²) < 4.78 is 5.29. The fourth-order valence-electron chi connectivity index (χ4n) is 3.89. The topological polar surface area (TPSA) is 55.4 Å². The number of dihydropyridines is 1. The summed E-state index contributed by atoms with van der Waals surface area (Å²) in [7, 11) is 0. The van der Waals surface area contributed by atoms with Crippen molar-refractivity contribution < 1.29 is 14.3 Å². The molecule has 0 bridgehead atoms. The van der Waals surface area contributed by atoms with Crippen LogP contribution in [0, 0.1) is 5.41 Å². The molecule has 1 atom stereocenters. The summed E-state index contributed by atoms with van der Waals surface area (Å²) in [5.74, 6) is -0.604. The number of halogens is 1. The molecule has 4 nitrogen and oxygen atoms in total. The van der Waals surface area contributed by atoms with E-state index in [0.29, 0.717) is 18.6 Å². The summed E-state index contributed by atoms with van der Waals surface area (Å²) >= 11 is 0. The molecule has 0 aromatic heterocycles. The van der Waals surface area contributed by atoms with Gasteiger partial charge in [-0.3, -0.25) is 4.79 Å². The molecule has 3 rings (SSSR count). The minimum absolute atomic E-state index is 0. The van der Waals surface area contributed by atoms with Crippen molar-refractivity contribution >= 4 is 24.2 Å². The first-order valence-corrected chi connectivity index (χ1v) is 8.80. The van der Waals surface area contributed by atoms with Gasteiger partial charge in [-0.15, -0.1) is 12.4 Å². The molecule has 1 aromatic carbocycles. The highest BCUT2D eigenvalue weighted by molar-refractivity contribution is 6.04. The summed E-state index contributed by atoms with van der Waals surface area (Å²) in [6.45, 7) is 8.20. The molecule has 1 N–H and O–H groups in total. The predicted octanol–water partition coefficient (Wildman–Crippen LogP) is 4.28. The number of carbonyl (C=O) groups excluding carboxylic acids is 2. The molecule has 0 spiro atoms. The van der Waals surface area contributed by atoms with E-state index in [1.54, 1.807) is 6.92 Å². The largest absolute Gasteiger partial charge is 0.463 e. The van der Waals surface area contributed by atoms with Crippen LogP contribution in [0.2, 0.25) is 0 Å². The predicted molar refractivity (Wildman–Crippen MR) is 104 cm³/mol. The number of carbonyl (C=O) groups is 2. The Morgan fingerprint density at radius 1 is 1.23 bits per heavy atom. The first-order valence-electron chi connectivity index (χ1n) is 8.80. The van der Waals surface area contributed by atoms with Crippen molar-refractivity contribution in [3.05, 3.63) is 58.4 Å². The smallest absolute Gasteiger partial charge is 0.336 e. The SMILES string of the molecule is CCOC(=O)C1=C(C)NC2=C(C(=O)CC(C)(C)C2)C1c1ccccc1.Cl. The Bertz CT molecular complexity index is 778. The molecule has 26 heavy (non-hydrogen) atoms. The Labute approximate surface area is 161 Å². The van der Waals surface area contributed by atoms with Crippen molar-refractivity contribution in [2.45, 2.75) is 46.5 Å². The van der Waals surface area contributed by atoms with Crippen molar-refractivity contribution in [2.75, 3.05) is 6.61 Å². The Kier molecular flexibility index (Phi) is 5.97. The van der Waals surface area contributed by atoms with Gasteiger partial charge in [0.25, 0.3) is 0 Å². The monoisotopic (exact) mass is 375 g/mol. The zero-order chi connectivity index (χ0) is 18.2. The Morgan fingerprint density at radius 2 is 1.88 bits per heavy atom. The summed E-state index contributed by atoms with van der Waals surface area (Å²) in [5, 5.41) is 3.33. The van der Waals surface area contributed by atoms with Gasteiger partial charge in [0.1, 0.15) is 0 Å². The van der Waals surface area contributed by atoms with Crippen LogP contribution in [0.3, 0.4) is 0 Å². The van der Waals surface area contributed by atoms with Gasteiger partial charge < -0.3 is 10.1 Å². The number of rotatable bonds is 3. The molecule has 1 aliphatic carbocycles. The lowest BCUT2D eigenvalue weighted by atomic mass is 9.68. The second-order valence-electron chi connectivity index (χ2n) is 7.56. The van der Waals surface area contributed by atoms with Crippen LogP contribution >= 0.6 is 12.4 Å². The van der Waals surface area contributed by atoms with Gasteiger partial charge in [0.2, 0.25) is 0 Å². The number of benzene rings is 1. The number of allylic oxidation sites excluding steroid dienone is 3. The third kappa shape index (κ3) is 3.70. The molecule has 5 heteroatoms. The number of nitrogens with one attached hydrogen (secondary N) is 1. The van der Waals surface area contributed by atoms with E-state index < -0.39 is 0 Å². The van der Waals surface area contributed by atoms with Gasteiger partial charge >= 0.3 is 5.97 Å². The standard InChI is InChI=1S/C21H25NO3.ClH/c1-5-25-20(24)17-13(2)22-15-11-21(3,4)12-16(23)19(15)18(17)14-9-7-6-8-10-14;/h6-10,18,22H,5,11-12H2,1-4H3;1H. The average molecular weight is 376 g/mol. The van der Waals surface area contributed by atoms with Crippen molar-refractivity contribution in [1.29, 1.82) is 0 Å². The summed E-state index contributed by atoms with van der Waals surface area (Å²) in [4.78, 5) is 25.6. The molecular formula is C21H26ClNO3. The van der Waals surface area contributed by atoms with Crippen LogP contribution in [0.25, 0.3) is 0 Å². The Hall–Kier alpha value is -2.07. The van der Waals surface area contributed by atoms with E-state index in [4.69, 9.17) is 4.74 Å². The van der Waals surface area contributed by atoms with Crippen LogP contribution in [-0.4, -0.2) is 18.4 Å². The second-order valence-corrected chi connectivity index (χ2v) is 7.56. The van der Waals surface area contributed by atoms with Crippen LogP contribution in [0.1, 0.15) is 52.0 Å². The van der Waals surface area contributed by atoms with Crippen LogP contribution in [0.15, 0.2) is 52.9 Å². The van der Waals surface area contributed by atoms with E-state index in [9.17, 15) is 9.59 Å². The maximum atomic E-state index is 13.0. The molecule has 2 aliphatic rings. The van der Waals surface area contributed by atoms with Gasteiger partial charge in [0.05, 0.1) is 12.2 Å². The van der Waals surface area contributed by atoms with E-state index in [1.165, 1.54) is 0 Å². The molecule has 0 saturated heterocycles. The van der Waals surface area contributed by atoms with Gasteiger partial charge in [-0.2, -0.15) is 0 Å². The zero-order valence-electron chi connectivity index (χ0n) is 15.7. The zero-order valence-corrected chi connectivity index (χ0v) is 16.5. The number of esters is 1. The highest BCUT2D eigenvalue weighted by atomic mass is 35.5. The number of Topliss-reactive ketones (excluding diaryl/α,β-unsaturated/α-hetero) is 1. The molecule has 1 aliphatic heterocycles. The minimum Gasteiger partial charge on any atom is -0.463 e. The lowest BCUT2D eigenvalue weighted by molar-refractivity contribution is -0.138. The number of ether oxygens (including phenoxy) is 1. The lowest BCUT2D eigenvalue weighted by Gasteiger charge is -2.39. The molecule has 1 unspecified atom stereocenters. The van der Waals surface area contributed by atoms with Gasteiger partial charge in [-0.25, -0.2) is 4.79 Å². The number of ketones is 1. The normalized spacial score (nSPS) is 21.5. The molecule has 1 aromatic rings. The number of hydrogen-bond acceptors (Lipinski definition) is 4. The molecule has 0 saturated carbocycles. The molecular weight excluding hydrogens is 350 g/mol. The minimum atomic E-state index is -0.361. The van der Waals surface area contributed by atoms with Gasteiger partial charge in [-0.05, 0) is 31.2 Å². The Morgan fingerprint density at radius 3 is 2.50 bits per heavy atom. The Balaban J connectivity index is 0.00000243. The van der Waals surface area contributed by atoms with Crippen LogP contribution < -0.4 is 5.32 Å². The summed E-state index contributed by atoms with van der Waals surface area (Å²) in [6.07, 6.45) is 1.29. The van der Waals surface area contributed by atoms with E-state index in [-0.39, 0.29) is 35.5 Å². The summed E-state index contributed by atoms with van der Waals surface area (Å²) in [5.41, 5.74) is 3.86. The maximum Gasteiger partial charge on any atom is 0.336 e. The fraction of sp³-hybridized carbons (Fsp3) is 0.429. The molecule has 140 valence electrons. The van der Waals surface area contributed by atoms with Gasteiger partial charge in [-0.1, -0.05) is 44.2 Å². The average Bonchev–Trinajstić information content (AvgIpc) is 2.53. The van der Waals surface area contributed by atoms with Crippen molar-refractivity contribution in [1.82, 2.24) is 5.32 Å². The van der Waals surface area contributed by atoms with Crippen molar-refractivity contribution in [2.24, 2.45) is 5.41 Å². The quantitative estimate of drug-likeness (QED) is 0.801. The fourth-order valence-corrected chi connectivity index (χ4v) is 3.89. The third-order valence-electron chi connectivity index (χ3n) is 4.87. The highest BCUT2D eigenvalue weighted by Crippen LogP contribution is 2.46. The molecule has 1 heterocycles. The van der Waals surface area contributed by atoms with E-state index in [2.05, 4.69) is 19.2 Å². The molecule has 0 fully saturated rings. The molecule has 0 amide bonds. The van der Waals surface area contributed by atoms with Crippen LogP contribution in [-0.2, 0) is 14.3 Å². The van der Waals surface area contributed by atoms with E-state index in [0.717, 1.165) is 29.0 Å². The van der Waals surface area contributed by atoms with Gasteiger partial charge in [0, 0.05) is 29.3 Å². The van der Waals surface area contributed by atoms with E-state index >= 15 is 0 Å². The van der Waals surface area contributed by atoms with Crippen molar-refractivity contribution in [3.8, 4) is 0 Å². The summed E-state index contributed by atoms with van der Waals surface area (Å²) in [6, 6.07) is 9.76. The van der Waals surface area contributed by atoms with Gasteiger partial charge in [0.15, 0.2) is 5.78 Å². The maximum absolute atomic E-state index is 13.0. The first-order chi connectivity index (χ1) is 11.8.